The van der Waals surface area contributed by atoms with Crippen LogP contribution in [0.5, 0.6) is 0 Å². The second-order valence-electron chi connectivity index (χ2n) is 20.3. The van der Waals surface area contributed by atoms with Crippen LogP contribution in [-0.2, 0) is 18.4 Å². The first kappa shape index (κ1) is 61.5. The normalized spacial score (nSPS) is 14.0. The van der Waals surface area contributed by atoms with Gasteiger partial charge in [-0.2, -0.15) is 0 Å². The minimum Gasteiger partial charge on any atom is -0.391 e. The molecule has 3 N–H and O–H groups in total. The highest BCUT2D eigenvalue weighted by atomic mass is 31.2. The van der Waals surface area contributed by atoms with Crippen molar-refractivity contribution in [3.05, 3.63) is 0 Å². The molecule has 0 rings (SSSR count). The Labute approximate surface area is 387 Å². The molecule has 0 aliphatic heterocycles. The summed E-state index contributed by atoms with van der Waals surface area (Å²) < 4.78 is 23.7. The summed E-state index contributed by atoms with van der Waals surface area (Å²) in [5.41, 5.74) is 0. The Morgan fingerprint density at radius 3 is 1.08 bits per heavy atom. The third-order valence-electron chi connectivity index (χ3n) is 12.9. The first-order valence-electron chi connectivity index (χ1n) is 27.4. The smallest absolute Gasteiger partial charge is 0.391 e. The molecule has 0 aliphatic rings. The van der Waals surface area contributed by atoms with Gasteiger partial charge in [-0.1, -0.05) is 264 Å². The molecule has 0 spiro atoms. The Kier molecular flexibility index (Phi) is 45.3. The zero-order valence-electron chi connectivity index (χ0n) is 42.4. The second kappa shape index (κ2) is 45.6. The van der Waals surface area contributed by atoms with E-state index in [4.69, 9.17) is 9.05 Å². The second-order valence-corrected chi connectivity index (χ2v) is 21.8. The average molecular weight is 902 g/mol. The van der Waals surface area contributed by atoms with Gasteiger partial charge in [0.25, 0.3) is 0 Å². The number of unbranched alkanes of at least 4 members (excludes halogenated alkanes) is 38. The lowest BCUT2D eigenvalue weighted by atomic mass is 10.0. The third-order valence-corrected chi connectivity index (χ3v) is 13.8. The van der Waals surface area contributed by atoms with Crippen molar-refractivity contribution in [1.82, 2.24) is 5.32 Å². The van der Waals surface area contributed by atoms with Crippen LogP contribution >= 0.6 is 7.82 Å². The molecule has 0 bridgehead atoms. The molecule has 9 heteroatoms. The summed E-state index contributed by atoms with van der Waals surface area (Å²) in [4.78, 5) is 23.2. The van der Waals surface area contributed by atoms with Gasteiger partial charge in [-0.3, -0.25) is 13.8 Å². The summed E-state index contributed by atoms with van der Waals surface area (Å²) in [6, 6.07) is -0.753. The molecular formula is C53H110N2O6P+. The number of phosphoric acid groups is 1. The highest BCUT2D eigenvalue weighted by Gasteiger charge is 2.28. The van der Waals surface area contributed by atoms with Crippen LogP contribution in [-0.4, -0.2) is 73.4 Å². The van der Waals surface area contributed by atoms with Gasteiger partial charge in [-0.15, -0.1) is 0 Å². The van der Waals surface area contributed by atoms with Crippen molar-refractivity contribution in [1.29, 1.82) is 0 Å². The summed E-state index contributed by atoms with van der Waals surface area (Å²) in [6.07, 6.45) is 53.2. The molecule has 62 heavy (non-hydrogen) atoms. The molecule has 0 saturated carbocycles. The SMILES string of the molecule is CCCCCCCCCCCCCCCCCCCCCCCCCCCCCCCCC(=O)NC(COP(=O)(O)OCC[N+](C)(C)C)C(O)CCCCCCCCCCCC. The number of aliphatic hydroxyl groups excluding tert-OH is 1. The number of hydrogen-bond donors (Lipinski definition) is 3. The largest absolute Gasteiger partial charge is 0.472 e. The van der Waals surface area contributed by atoms with Crippen molar-refractivity contribution in [3.63, 3.8) is 0 Å². The van der Waals surface area contributed by atoms with E-state index in [0.717, 1.165) is 38.5 Å². The topological polar surface area (TPSA) is 105 Å². The molecule has 0 radical (unpaired) electrons. The molecule has 1 amide bonds. The standard InChI is InChI=1S/C53H109N2O6P/c1-6-8-10-12-14-16-18-19-20-21-22-23-24-25-26-27-28-29-30-31-32-33-34-35-36-37-39-41-43-45-47-53(57)54-51(50-61-62(58,59)60-49-48-55(3,4)5)52(56)46-44-42-40-38-17-15-13-11-9-7-2/h51-52,56H,6-50H2,1-5H3,(H-,54,57,58,59)/p+1. The Morgan fingerprint density at radius 2 is 0.774 bits per heavy atom. The number of nitrogens with one attached hydrogen (secondary N) is 1. The van der Waals surface area contributed by atoms with Crippen LogP contribution in [0, 0.1) is 0 Å². The number of phosphoric ester groups is 1. The van der Waals surface area contributed by atoms with E-state index in [9.17, 15) is 19.4 Å². The summed E-state index contributed by atoms with van der Waals surface area (Å²) in [5, 5.41) is 14.0. The van der Waals surface area contributed by atoms with E-state index in [1.807, 2.05) is 21.1 Å². The van der Waals surface area contributed by atoms with E-state index in [2.05, 4.69) is 19.2 Å². The molecule has 8 nitrogen and oxygen atoms in total. The Balaban J connectivity index is 3.92. The number of rotatable bonds is 51. The number of nitrogens with zero attached hydrogens (tertiary/aromatic N) is 1. The third kappa shape index (κ3) is 47.5. The molecule has 0 aliphatic carbocycles. The number of quaternary nitrogens is 1. The van der Waals surface area contributed by atoms with Crippen molar-refractivity contribution in [2.24, 2.45) is 0 Å². The molecule has 0 aromatic heterocycles. The monoisotopic (exact) mass is 902 g/mol. The molecule has 0 saturated heterocycles. The van der Waals surface area contributed by atoms with Crippen LogP contribution in [0.1, 0.15) is 284 Å². The Hall–Kier alpha value is -0.500. The predicted octanol–water partition coefficient (Wildman–Crippen LogP) is 16.1. The van der Waals surface area contributed by atoms with E-state index in [-0.39, 0.29) is 19.1 Å². The van der Waals surface area contributed by atoms with Crippen LogP contribution in [0.4, 0.5) is 0 Å². The zero-order valence-corrected chi connectivity index (χ0v) is 43.3. The summed E-state index contributed by atoms with van der Waals surface area (Å²) >= 11 is 0. The minimum atomic E-state index is -4.31. The number of hydrogen-bond acceptors (Lipinski definition) is 5. The highest BCUT2D eigenvalue weighted by Crippen LogP contribution is 2.43. The predicted molar refractivity (Wildman–Crippen MR) is 268 cm³/mol. The molecule has 0 heterocycles. The molecule has 3 atom stereocenters. The first-order chi connectivity index (χ1) is 30.0. The lowest BCUT2D eigenvalue weighted by Crippen LogP contribution is -2.46. The van der Waals surface area contributed by atoms with Gasteiger partial charge in [0.15, 0.2) is 0 Å². The van der Waals surface area contributed by atoms with Gasteiger partial charge in [0, 0.05) is 6.42 Å². The number of amides is 1. The number of aliphatic hydroxyl groups is 1. The van der Waals surface area contributed by atoms with Crippen LogP contribution in [0.15, 0.2) is 0 Å². The lowest BCUT2D eigenvalue weighted by molar-refractivity contribution is -0.870. The van der Waals surface area contributed by atoms with Crippen LogP contribution in [0.2, 0.25) is 0 Å². The Morgan fingerprint density at radius 1 is 0.484 bits per heavy atom. The lowest BCUT2D eigenvalue weighted by Gasteiger charge is -2.26. The van der Waals surface area contributed by atoms with Gasteiger partial charge in [-0.25, -0.2) is 4.57 Å². The maximum absolute atomic E-state index is 12.9. The van der Waals surface area contributed by atoms with Crippen LogP contribution in [0.25, 0.3) is 0 Å². The number of carbonyl (C=O) groups is 1. The minimum absolute atomic E-state index is 0.0785. The molecule has 3 unspecified atom stereocenters. The molecular weight excluding hydrogens is 792 g/mol. The van der Waals surface area contributed by atoms with Crippen LogP contribution in [0.3, 0.4) is 0 Å². The van der Waals surface area contributed by atoms with Crippen molar-refractivity contribution in [2.75, 3.05) is 40.9 Å². The maximum Gasteiger partial charge on any atom is 0.472 e. The van der Waals surface area contributed by atoms with E-state index < -0.39 is 20.0 Å². The van der Waals surface area contributed by atoms with Gasteiger partial charge >= 0.3 is 7.82 Å². The summed E-state index contributed by atoms with van der Waals surface area (Å²) in [7, 11) is 1.63. The van der Waals surface area contributed by atoms with Gasteiger partial charge in [-0.05, 0) is 12.8 Å². The molecule has 0 aromatic carbocycles. The quantitative estimate of drug-likeness (QED) is 0.0319. The summed E-state index contributed by atoms with van der Waals surface area (Å²) in [5.74, 6) is -0.139. The van der Waals surface area contributed by atoms with E-state index in [1.54, 1.807) is 0 Å². The van der Waals surface area contributed by atoms with Gasteiger partial charge in [0.1, 0.15) is 13.2 Å². The number of carbonyl (C=O) groups excluding carboxylic acids is 1. The average Bonchev–Trinajstić information content (AvgIpc) is 3.23. The highest BCUT2D eigenvalue weighted by molar-refractivity contribution is 7.47. The van der Waals surface area contributed by atoms with Gasteiger partial charge < -0.3 is 19.8 Å². The van der Waals surface area contributed by atoms with Crippen molar-refractivity contribution in [3.8, 4) is 0 Å². The van der Waals surface area contributed by atoms with E-state index in [0.29, 0.717) is 23.9 Å². The molecule has 0 aromatic rings. The van der Waals surface area contributed by atoms with Gasteiger partial charge in [0.05, 0.1) is 39.9 Å². The van der Waals surface area contributed by atoms with Crippen molar-refractivity contribution < 1.29 is 32.9 Å². The maximum atomic E-state index is 12.9. The fourth-order valence-electron chi connectivity index (χ4n) is 8.52. The molecule has 372 valence electrons. The fraction of sp³-hybridized carbons (Fsp3) is 0.981. The van der Waals surface area contributed by atoms with Crippen molar-refractivity contribution in [2.45, 2.75) is 296 Å². The van der Waals surface area contributed by atoms with E-state index in [1.165, 1.54) is 218 Å². The van der Waals surface area contributed by atoms with E-state index >= 15 is 0 Å². The zero-order chi connectivity index (χ0) is 45.7. The summed E-state index contributed by atoms with van der Waals surface area (Å²) in [6.45, 7) is 4.91. The fourth-order valence-corrected chi connectivity index (χ4v) is 9.26. The van der Waals surface area contributed by atoms with Crippen molar-refractivity contribution >= 4 is 13.7 Å². The first-order valence-corrected chi connectivity index (χ1v) is 28.9. The Bertz CT molecular complexity index is 978. The van der Waals surface area contributed by atoms with Crippen LogP contribution < -0.4 is 5.32 Å². The van der Waals surface area contributed by atoms with Gasteiger partial charge in [0.2, 0.25) is 5.91 Å². The molecule has 0 fully saturated rings. The number of likely N-dealkylation sites (N-methyl/N-ethyl adjacent to an activating group) is 1.